The molecule has 9 nitrogen and oxygen atoms in total. The Morgan fingerprint density at radius 3 is 2.58 bits per heavy atom. The van der Waals surface area contributed by atoms with Crippen molar-refractivity contribution in [1.29, 1.82) is 0 Å². The summed E-state index contributed by atoms with van der Waals surface area (Å²) in [4.78, 5) is 35.6. The number of benzene rings is 1. The van der Waals surface area contributed by atoms with Crippen LogP contribution in [0.3, 0.4) is 0 Å². The van der Waals surface area contributed by atoms with Crippen molar-refractivity contribution in [2.24, 2.45) is 7.05 Å². The van der Waals surface area contributed by atoms with E-state index in [9.17, 15) is 4.79 Å². The Hall–Kier alpha value is -3.04. The van der Waals surface area contributed by atoms with Gasteiger partial charge in [-0.1, -0.05) is 30.7 Å². The molecule has 0 bridgehead atoms. The topological polar surface area (TPSA) is 92.1 Å². The number of nitrogens with zero attached hydrogens (tertiary/aromatic N) is 7. The first kappa shape index (κ1) is 23.1. The molecule has 1 fully saturated rings. The number of piperazine rings is 1. The van der Waals surface area contributed by atoms with E-state index in [1.807, 2.05) is 26.0 Å². The van der Waals surface area contributed by atoms with E-state index >= 15 is 0 Å². The first-order valence-corrected chi connectivity index (χ1v) is 11.5. The molecule has 0 amide bonds. The van der Waals surface area contributed by atoms with Crippen molar-refractivity contribution < 1.29 is 4.79 Å². The zero-order chi connectivity index (χ0) is 23.5. The number of ketones is 1. The molecule has 3 heterocycles. The summed E-state index contributed by atoms with van der Waals surface area (Å²) in [7, 11) is 3.91. The summed E-state index contributed by atoms with van der Waals surface area (Å²) in [6, 6.07) is 5.64. The van der Waals surface area contributed by atoms with Gasteiger partial charge in [0, 0.05) is 51.1 Å². The largest absolute Gasteiger partial charge is 0.338 e. The predicted molar refractivity (Wildman–Crippen MR) is 130 cm³/mol. The molecule has 10 heteroatoms. The summed E-state index contributed by atoms with van der Waals surface area (Å²) in [5, 5.41) is 3.77. The quantitative estimate of drug-likeness (QED) is 0.529. The van der Waals surface area contributed by atoms with E-state index in [4.69, 9.17) is 11.6 Å². The Bertz CT molecular complexity index is 1130. The number of anilines is 3. The average Bonchev–Trinajstić information content (AvgIpc) is 3.16. The highest BCUT2D eigenvalue weighted by Crippen LogP contribution is 2.23. The van der Waals surface area contributed by atoms with Gasteiger partial charge in [-0.2, -0.15) is 15.0 Å². The summed E-state index contributed by atoms with van der Waals surface area (Å²) >= 11 is 6.31. The van der Waals surface area contributed by atoms with Crippen molar-refractivity contribution in [2.45, 2.75) is 26.7 Å². The maximum Gasteiger partial charge on any atom is 0.234 e. The van der Waals surface area contributed by atoms with Crippen LogP contribution in [0.5, 0.6) is 0 Å². The van der Waals surface area contributed by atoms with Gasteiger partial charge in [-0.05, 0) is 31.2 Å². The third-order valence-corrected chi connectivity index (χ3v) is 6.31. The number of hydrogen-bond donors (Lipinski definition) is 1. The van der Waals surface area contributed by atoms with Crippen LogP contribution in [0.1, 0.15) is 34.4 Å². The Labute approximate surface area is 198 Å². The number of aryl methyl sites for hydroxylation is 2. The SMILES string of the molecule is CCc1nc(Nc2ncc(C(=O)Cc3c(C)cccc3Cl)n2C)nc(N2CCN(C)CC2)n1. The van der Waals surface area contributed by atoms with Gasteiger partial charge >= 0.3 is 0 Å². The lowest BCUT2D eigenvalue weighted by molar-refractivity contribution is 0.0985. The second-order valence-corrected chi connectivity index (χ2v) is 8.71. The van der Waals surface area contributed by atoms with Crippen molar-refractivity contribution in [3.05, 3.63) is 52.1 Å². The number of hydrogen-bond acceptors (Lipinski definition) is 8. The summed E-state index contributed by atoms with van der Waals surface area (Å²) in [6.07, 6.45) is 2.48. The van der Waals surface area contributed by atoms with E-state index in [1.54, 1.807) is 23.9 Å². The summed E-state index contributed by atoms with van der Waals surface area (Å²) < 4.78 is 1.72. The fraction of sp³-hybridized carbons (Fsp3) is 0.435. The standard InChI is InChI=1S/C23H29ClN8O/c1-5-20-26-21(29-23(27-20)32-11-9-30(3)10-12-32)28-22-25-14-18(31(22)4)19(33)13-16-15(2)7-6-8-17(16)24/h6-8,14H,5,9-13H2,1-4H3,(H,25,26,27,28,29). The molecule has 0 spiro atoms. The molecule has 2 aromatic heterocycles. The smallest absolute Gasteiger partial charge is 0.234 e. The molecule has 1 N–H and O–H groups in total. The normalized spacial score (nSPS) is 14.5. The molecular weight excluding hydrogens is 440 g/mol. The maximum atomic E-state index is 13.0. The predicted octanol–water partition coefficient (Wildman–Crippen LogP) is 3.05. The van der Waals surface area contributed by atoms with Crippen LogP contribution in [0.25, 0.3) is 0 Å². The average molecular weight is 469 g/mol. The fourth-order valence-electron chi connectivity index (χ4n) is 3.80. The molecule has 0 atom stereocenters. The van der Waals surface area contributed by atoms with E-state index in [0.29, 0.717) is 40.8 Å². The third-order valence-electron chi connectivity index (χ3n) is 5.96. The monoisotopic (exact) mass is 468 g/mol. The highest BCUT2D eigenvalue weighted by atomic mass is 35.5. The molecule has 0 saturated carbocycles. The Morgan fingerprint density at radius 1 is 1.12 bits per heavy atom. The molecular formula is C23H29ClN8O. The summed E-state index contributed by atoms with van der Waals surface area (Å²) in [5.41, 5.74) is 2.31. The molecule has 1 saturated heterocycles. The number of halogens is 1. The van der Waals surface area contributed by atoms with Crippen LogP contribution < -0.4 is 10.2 Å². The summed E-state index contributed by atoms with van der Waals surface area (Å²) in [5.74, 6) is 2.23. The zero-order valence-electron chi connectivity index (χ0n) is 19.5. The Balaban J connectivity index is 1.54. The molecule has 1 aliphatic heterocycles. The van der Waals surface area contributed by atoms with Gasteiger partial charge in [-0.3, -0.25) is 10.1 Å². The van der Waals surface area contributed by atoms with Crippen LogP contribution >= 0.6 is 11.6 Å². The number of likely N-dealkylation sites (N-methyl/N-ethyl adjacent to an activating group) is 1. The van der Waals surface area contributed by atoms with Crippen molar-refractivity contribution in [3.8, 4) is 0 Å². The van der Waals surface area contributed by atoms with E-state index in [1.165, 1.54) is 0 Å². The lowest BCUT2D eigenvalue weighted by atomic mass is 10.0. The van der Waals surface area contributed by atoms with E-state index in [0.717, 1.165) is 37.3 Å². The van der Waals surface area contributed by atoms with Crippen molar-refractivity contribution in [3.63, 3.8) is 0 Å². The van der Waals surface area contributed by atoms with E-state index in [2.05, 4.69) is 42.1 Å². The van der Waals surface area contributed by atoms with Crippen molar-refractivity contribution in [2.75, 3.05) is 43.4 Å². The van der Waals surface area contributed by atoms with Crippen LogP contribution in [0, 0.1) is 6.92 Å². The lowest BCUT2D eigenvalue weighted by Gasteiger charge is -2.32. The van der Waals surface area contributed by atoms with Crippen molar-refractivity contribution in [1.82, 2.24) is 29.4 Å². The molecule has 1 aliphatic rings. The number of rotatable bonds is 7. The number of imidazole rings is 1. The van der Waals surface area contributed by atoms with Gasteiger partial charge in [0.25, 0.3) is 0 Å². The molecule has 4 rings (SSSR count). The number of aromatic nitrogens is 5. The Kier molecular flexibility index (Phi) is 6.90. The molecule has 3 aromatic rings. The van der Waals surface area contributed by atoms with Crippen LogP contribution in [0.2, 0.25) is 5.02 Å². The van der Waals surface area contributed by atoms with Gasteiger partial charge in [0.1, 0.15) is 11.5 Å². The molecule has 0 unspecified atom stereocenters. The highest BCUT2D eigenvalue weighted by Gasteiger charge is 2.20. The van der Waals surface area contributed by atoms with Gasteiger partial charge in [0.05, 0.1) is 6.20 Å². The number of Topliss-reactive ketones (excluding diaryl/α,β-unsaturated/α-hetero) is 1. The molecule has 1 aromatic carbocycles. The van der Waals surface area contributed by atoms with Gasteiger partial charge in [-0.25, -0.2) is 4.98 Å². The van der Waals surface area contributed by atoms with Crippen LogP contribution in [-0.4, -0.2) is 68.4 Å². The van der Waals surface area contributed by atoms with E-state index in [-0.39, 0.29) is 12.2 Å². The van der Waals surface area contributed by atoms with Crippen LogP contribution in [0.15, 0.2) is 24.4 Å². The van der Waals surface area contributed by atoms with Gasteiger partial charge < -0.3 is 14.4 Å². The third kappa shape index (κ3) is 5.15. The molecule has 0 radical (unpaired) electrons. The second kappa shape index (κ2) is 9.84. The molecule has 0 aliphatic carbocycles. The van der Waals surface area contributed by atoms with Crippen LogP contribution in [0.4, 0.5) is 17.8 Å². The first-order chi connectivity index (χ1) is 15.9. The second-order valence-electron chi connectivity index (χ2n) is 8.31. The molecule has 174 valence electrons. The zero-order valence-corrected chi connectivity index (χ0v) is 20.2. The van der Waals surface area contributed by atoms with E-state index < -0.39 is 0 Å². The lowest BCUT2D eigenvalue weighted by Crippen LogP contribution is -2.45. The van der Waals surface area contributed by atoms with Crippen molar-refractivity contribution >= 4 is 35.2 Å². The number of carbonyl (C=O) groups is 1. The number of carbonyl (C=O) groups excluding carboxylic acids is 1. The van der Waals surface area contributed by atoms with Gasteiger partial charge in [0.15, 0.2) is 5.78 Å². The summed E-state index contributed by atoms with van der Waals surface area (Å²) in [6.45, 7) is 7.63. The number of nitrogens with one attached hydrogen (secondary N) is 1. The minimum Gasteiger partial charge on any atom is -0.338 e. The highest BCUT2D eigenvalue weighted by molar-refractivity contribution is 6.31. The molecule has 33 heavy (non-hydrogen) atoms. The van der Waals surface area contributed by atoms with Gasteiger partial charge in [-0.15, -0.1) is 0 Å². The van der Waals surface area contributed by atoms with Gasteiger partial charge in [0.2, 0.25) is 17.8 Å². The maximum absolute atomic E-state index is 13.0. The fourth-order valence-corrected chi connectivity index (χ4v) is 4.08. The van der Waals surface area contributed by atoms with Crippen LogP contribution in [-0.2, 0) is 19.9 Å². The minimum absolute atomic E-state index is 0.0581. The first-order valence-electron chi connectivity index (χ1n) is 11.1. The minimum atomic E-state index is -0.0581. The Morgan fingerprint density at radius 2 is 1.88 bits per heavy atom.